The first kappa shape index (κ1) is 21.8. The van der Waals surface area contributed by atoms with Crippen molar-refractivity contribution in [2.45, 2.75) is 52.7 Å². The number of rotatable bonds is 8. The van der Waals surface area contributed by atoms with E-state index in [1.807, 2.05) is 46.4 Å². The quantitative estimate of drug-likeness (QED) is 0.466. The monoisotopic (exact) mass is 417 g/mol. The van der Waals surface area contributed by atoms with Gasteiger partial charge >= 0.3 is 5.82 Å². The summed E-state index contributed by atoms with van der Waals surface area (Å²) in [4.78, 5) is 16.7. The number of hydrogen-bond acceptors (Lipinski definition) is 6. The summed E-state index contributed by atoms with van der Waals surface area (Å²) in [5, 5.41) is 11.3. The van der Waals surface area contributed by atoms with E-state index in [0.29, 0.717) is 36.5 Å². The molecule has 0 aliphatic carbocycles. The molecule has 0 unspecified atom stereocenters. The molecule has 1 aromatic heterocycles. The Balaban J connectivity index is 2.96. The summed E-state index contributed by atoms with van der Waals surface area (Å²) in [6.07, 6.45) is 1.43. The van der Waals surface area contributed by atoms with Crippen LogP contribution in [0.25, 0.3) is 0 Å². The van der Waals surface area contributed by atoms with Crippen molar-refractivity contribution < 1.29 is 14.4 Å². The van der Waals surface area contributed by atoms with Crippen LogP contribution in [-0.2, 0) is 9.47 Å². The van der Waals surface area contributed by atoms with Crippen LogP contribution in [0.3, 0.4) is 0 Å². The predicted molar refractivity (Wildman–Crippen MR) is 102 cm³/mol. The van der Waals surface area contributed by atoms with Gasteiger partial charge in [-0.3, -0.25) is 0 Å². The van der Waals surface area contributed by atoms with Crippen molar-refractivity contribution in [2.24, 2.45) is 0 Å². The van der Waals surface area contributed by atoms with Gasteiger partial charge in [0.1, 0.15) is 5.69 Å². The highest BCUT2D eigenvalue weighted by Crippen LogP contribution is 2.29. The Morgan fingerprint density at radius 3 is 2.00 bits per heavy atom. The van der Waals surface area contributed by atoms with Gasteiger partial charge in [-0.15, -0.1) is 0 Å². The number of pyridine rings is 1. The summed E-state index contributed by atoms with van der Waals surface area (Å²) in [5.74, 6) is -0.172. The van der Waals surface area contributed by atoms with Crippen molar-refractivity contribution in [3.63, 3.8) is 0 Å². The Morgan fingerprint density at radius 2 is 1.60 bits per heavy atom. The molecule has 0 saturated heterocycles. The van der Waals surface area contributed by atoms with E-state index in [4.69, 9.17) is 9.47 Å². The topological polar surface area (TPSA) is 77.7 Å². The van der Waals surface area contributed by atoms with Gasteiger partial charge in [-0.05, 0) is 73.4 Å². The number of nitro groups is 1. The number of aromatic nitrogens is 1. The minimum atomic E-state index is -0.468. The fourth-order valence-corrected chi connectivity index (χ4v) is 2.39. The molecule has 0 spiro atoms. The van der Waals surface area contributed by atoms with Crippen LogP contribution < -0.4 is 4.90 Å². The van der Waals surface area contributed by atoms with Crippen LogP contribution in [0.5, 0.6) is 0 Å². The van der Waals surface area contributed by atoms with Crippen LogP contribution in [0, 0.1) is 10.1 Å². The molecule has 1 heterocycles. The van der Waals surface area contributed by atoms with Gasteiger partial charge in [-0.25, -0.2) is 0 Å². The average molecular weight is 418 g/mol. The maximum Gasteiger partial charge on any atom is 0.387 e. The van der Waals surface area contributed by atoms with Crippen molar-refractivity contribution in [3.05, 3.63) is 26.9 Å². The van der Waals surface area contributed by atoms with Gasteiger partial charge < -0.3 is 24.5 Å². The highest BCUT2D eigenvalue weighted by molar-refractivity contribution is 9.10. The van der Waals surface area contributed by atoms with E-state index in [0.717, 1.165) is 0 Å². The molecule has 0 amide bonds. The summed E-state index contributed by atoms with van der Waals surface area (Å²) in [7, 11) is 0. The van der Waals surface area contributed by atoms with Gasteiger partial charge in [0.15, 0.2) is 6.20 Å². The molecule has 1 rings (SSSR count). The number of halogens is 1. The van der Waals surface area contributed by atoms with E-state index in [9.17, 15) is 10.1 Å². The minimum Gasteiger partial charge on any atom is -0.374 e. The Kier molecular flexibility index (Phi) is 7.77. The highest BCUT2D eigenvalue weighted by Gasteiger charge is 2.23. The first-order valence-corrected chi connectivity index (χ1v) is 9.01. The molecule has 0 aromatic carbocycles. The lowest BCUT2D eigenvalue weighted by atomic mass is 10.2. The summed E-state index contributed by atoms with van der Waals surface area (Å²) < 4.78 is 12.2. The lowest BCUT2D eigenvalue weighted by Gasteiger charge is -2.28. The molecule has 0 aliphatic heterocycles. The Hall–Kier alpha value is -1.25. The number of nitrogens with zero attached hydrogens (tertiary/aromatic N) is 3. The first-order valence-electron chi connectivity index (χ1n) is 8.22. The third-order valence-corrected chi connectivity index (χ3v) is 3.55. The largest absolute Gasteiger partial charge is 0.387 e. The molecule has 1 aromatic rings. The summed E-state index contributed by atoms with van der Waals surface area (Å²) in [6.45, 7) is 13.8. The fourth-order valence-electron chi connectivity index (χ4n) is 2.07. The second-order valence-electron chi connectivity index (χ2n) is 7.66. The zero-order valence-corrected chi connectivity index (χ0v) is 17.4. The Morgan fingerprint density at radius 1 is 1.12 bits per heavy atom. The van der Waals surface area contributed by atoms with E-state index in [1.165, 1.54) is 6.20 Å². The molecular weight excluding hydrogens is 390 g/mol. The molecule has 0 aliphatic rings. The second kappa shape index (κ2) is 8.91. The number of anilines is 1. The number of ether oxygens (including phenoxy) is 2. The lowest BCUT2D eigenvalue weighted by Crippen LogP contribution is -2.35. The third-order valence-electron chi connectivity index (χ3n) is 3.12. The molecule has 0 saturated carbocycles. The SMILES string of the molecule is CC(C)(C)OCCN(CCOC(C)(C)C)c1cc(Br)cnc1[N+](=O)[O-]. The Bertz CT molecular complexity index is 562. The minimum absolute atomic E-state index is 0.172. The van der Waals surface area contributed by atoms with Crippen molar-refractivity contribution in [1.82, 2.24) is 4.98 Å². The van der Waals surface area contributed by atoms with Crippen molar-refractivity contribution in [2.75, 3.05) is 31.2 Å². The van der Waals surface area contributed by atoms with Gasteiger partial charge in [-0.2, -0.15) is 0 Å². The Labute approximate surface area is 158 Å². The first-order chi connectivity index (χ1) is 11.4. The van der Waals surface area contributed by atoms with Crippen molar-refractivity contribution >= 4 is 27.4 Å². The predicted octanol–water partition coefficient (Wildman–Crippen LogP) is 4.19. The maximum absolute atomic E-state index is 11.3. The molecule has 0 bridgehead atoms. The van der Waals surface area contributed by atoms with Crippen LogP contribution in [0.2, 0.25) is 0 Å². The van der Waals surface area contributed by atoms with Gasteiger partial charge in [0, 0.05) is 13.1 Å². The number of hydrogen-bond donors (Lipinski definition) is 0. The highest BCUT2D eigenvalue weighted by atomic mass is 79.9. The van der Waals surface area contributed by atoms with Gasteiger partial charge in [0.05, 0.1) is 28.9 Å². The normalized spacial score (nSPS) is 12.3. The molecule has 7 nitrogen and oxygen atoms in total. The van der Waals surface area contributed by atoms with Gasteiger partial charge in [0.2, 0.25) is 0 Å². The summed E-state index contributed by atoms with van der Waals surface area (Å²) in [5.41, 5.74) is -0.0845. The zero-order valence-electron chi connectivity index (χ0n) is 15.8. The van der Waals surface area contributed by atoms with E-state index >= 15 is 0 Å². The molecule has 0 radical (unpaired) electrons. The van der Waals surface area contributed by atoms with Crippen LogP contribution in [0.4, 0.5) is 11.5 Å². The van der Waals surface area contributed by atoms with Crippen molar-refractivity contribution in [1.29, 1.82) is 0 Å². The molecule has 8 heteroatoms. The van der Waals surface area contributed by atoms with Crippen LogP contribution in [0.1, 0.15) is 41.5 Å². The van der Waals surface area contributed by atoms with Crippen LogP contribution in [0.15, 0.2) is 16.7 Å². The standard InChI is InChI=1S/C17H28BrN3O4/c1-16(2,3)24-9-7-20(8-10-25-17(4,5)6)14-11-13(18)12-19-15(14)21(22)23/h11-12H,7-10H2,1-6H3. The average Bonchev–Trinajstić information content (AvgIpc) is 2.42. The van der Waals surface area contributed by atoms with Crippen molar-refractivity contribution in [3.8, 4) is 0 Å². The zero-order chi connectivity index (χ0) is 19.3. The fraction of sp³-hybridized carbons (Fsp3) is 0.706. The van der Waals surface area contributed by atoms with E-state index in [1.54, 1.807) is 6.07 Å². The lowest BCUT2D eigenvalue weighted by molar-refractivity contribution is -0.388. The second-order valence-corrected chi connectivity index (χ2v) is 8.58. The van der Waals surface area contributed by atoms with Gasteiger partial charge in [-0.1, -0.05) is 0 Å². The molecular formula is C17H28BrN3O4. The molecule has 0 atom stereocenters. The van der Waals surface area contributed by atoms with E-state index < -0.39 is 4.92 Å². The smallest absolute Gasteiger partial charge is 0.374 e. The van der Waals surface area contributed by atoms with Crippen LogP contribution in [-0.4, -0.2) is 47.4 Å². The van der Waals surface area contributed by atoms with E-state index in [2.05, 4.69) is 20.9 Å². The van der Waals surface area contributed by atoms with Gasteiger partial charge in [0.25, 0.3) is 0 Å². The summed E-state index contributed by atoms with van der Waals surface area (Å²) >= 11 is 3.34. The third kappa shape index (κ3) is 8.60. The molecule has 0 fully saturated rings. The maximum atomic E-state index is 11.3. The molecule has 142 valence electrons. The van der Waals surface area contributed by atoms with E-state index in [-0.39, 0.29) is 17.0 Å². The molecule has 0 N–H and O–H groups in total. The van der Waals surface area contributed by atoms with Crippen LogP contribution >= 0.6 is 15.9 Å². The summed E-state index contributed by atoms with van der Waals surface area (Å²) in [6, 6.07) is 1.71. The molecule has 25 heavy (non-hydrogen) atoms.